The molecule has 10 aromatic rings. The summed E-state index contributed by atoms with van der Waals surface area (Å²) in [6, 6.07) is 67.8. The smallest absolute Gasteiger partial charge is 0.00192 e. The molecule has 0 atom stereocenters. The van der Waals surface area contributed by atoms with Gasteiger partial charge in [-0.25, -0.2) is 0 Å². The van der Waals surface area contributed by atoms with Crippen LogP contribution >= 0.6 is 0 Å². The van der Waals surface area contributed by atoms with Crippen LogP contribution in [-0.4, -0.2) is 0 Å². The van der Waals surface area contributed by atoms with Gasteiger partial charge in [-0.1, -0.05) is 182 Å². The minimum atomic E-state index is 0.899. The number of benzene rings is 10. The van der Waals surface area contributed by atoms with Crippen LogP contribution in [0.1, 0.15) is 33.4 Å². The van der Waals surface area contributed by atoms with Crippen LogP contribution in [-0.2, 0) is 19.3 Å². The molecule has 51 heavy (non-hydrogen) atoms. The highest BCUT2D eigenvalue weighted by molar-refractivity contribution is 6.10. The fourth-order valence-corrected chi connectivity index (χ4v) is 8.35. The van der Waals surface area contributed by atoms with Crippen LogP contribution in [0.15, 0.2) is 182 Å². The van der Waals surface area contributed by atoms with E-state index in [2.05, 4.69) is 182 Å². The molecule has 0 saturated carbocycles. The Morgan fingerprint density at radius 1 is 0.216 bits per heavy atom. The SMILES string of the molecule is c1ccc2cc(Cc3ccc4cc(Cc5ccc6cc(Cc7cc8ccccc8c8ccccc78)ccc6c5)c5ccccc5c4c3)ccc2c1. The molecule has 0 N–H and O–H groups in total. The summed E-state index contributed by atoms with van der Waals surface area (Å²) >= 11 is 0. The van der Waals surface area contributed by atoms with Crippen LogP contribution in [0.4, 0.5) is 0 Å². The van der Waals surface area contributed by atoms with E-state index in [0.29, 0.717) is 0 Å². The van der Waals surface area contributed by atoms with Crippen molar-refractivity contribution in [2.24, 2.45) is 0 Å². The fraction of sp³-hybridized carbons (Fsp3) is 0.0588. The van der Waals surface area contributed by atoms with Crippen LogP contribution in [0.3, 0.4) is 0 Å². The van der Waals surface area contributed by atoms with E-state index in [-0.39, 0.29) is 0 Å². The zero-order valence-corrected chi connectivity index (χ0v) is 28.4. The number of rotatable bonds is 6. The molecular formula is C51H36. The van der Waals surface area contributed by atoms with Gasteiger partial charge in [-0.2, -0.15) is 0 Å². The minimum Gasteiger partial charge on any atom is -0.0616 e. The molecule has 0 spiro atoms. The third-order valence-electron chi connectivity index (χ3n) is 10.8. The van der Waals surface area contributed by atoms with Gasteiger partial charge in [-0.15, -0.1) is 0 Å². The maximum atomic E-state index is 2.42. The highest BCUT2D eigenvalue weighted by Crippen LogP contribution is 2.34. The predicted molar refractivity (Wildman–Crippen MR) is 219 cm³/mol. The van der Waals surface area contributed by atoms with Crippen molar-refractivity contribution in [1.29, 1.82) is 0 Å². The Labute approximate surface area is 298 Å². The average molecular weight is 649 g/mol. The Morgan fingerprint density at radius 2 is 0.588 bits per heavy atom. The quantitative estimate of drug-likeness (QED) is 0.157. The van der Waals surface area contributed by atoms with E-state index < -0.39 is 0 Å². The second-order valence-corrected chi connectivity index (χ2v) is 14.2. The molecule has 0 heterocycles. The molecule has 0 amide bonds. The third kappa shape index (κ3) is 5.50. The van der Waals surface area contributed by atoms with Gasteiger partial charge in [0.2, 0.25) is 0 Å². The monoisotopic (exact) mass is 648 g/mol. The second-order valence-electron chi connectivity index (χ2n) is 14.2. The molecule has 240 valence electrons. The lowest BCUT2D eigenvalue weighted by Crippen LogP contribution is -1.94. The van der Waals surface area contributed by atoms with E-state index >= 15 is 0 Å². The summed E-state index contributed by atoms with van der Waals surface area (Å²) < 4.78 is 0. The Balaban J connectivity index is 0.950. The van der Waals surface area contributed by atoms with Crippen LogP contribution in [0.2, 0.25) is 0 Å². The van der Waals surface area contributed by atoms with Crippen molar-refractivity contribution in [2.75, 3.05) is 0 Å². The molecule has 0 aromatic heterocycles. The van der Waals surface area contributed by atoms with Crippen LogP contribution in [0.25, 0.3) is 64.6 Å². The first-order chi connectivity index (χ1) is 25.2. The van der Waals surface area contributed by atoms with Gasteiger partial charge in [0.05, 0.1) is 0 Å². The highest BCUT2D eigenvalue weighted by atomic mass is 14.2. The molecule has 0 aliphatic carbocycles. The molecule has 0 aliphatic rings. The third-order valence-corrected chi connectivity index (χ3v) is 10.8. The van der Waals surface area contributed by atoms with E-state index in [0.717, 1.165) is 19.3 Å². The van der Waals surface area contributed by atoms with Gasteiger partial charge in [0.1, 0.15) is 0 Å². The largest absolute Gasteiger partial charge is 0.0616 e. The molecule has 0 radical (unpaired) electrons. The van der Waals surface area contributed by atoms with E-state index in [1.165, 1.54) is 98.0 Å². The summed E-state index contributed by atoms with van der Waals surface area (Å²) in [5.74, 6) is 0. The van der Waals surface area contributed by atoms with Crippen molar-refractivity contribution >= 4 is 64.6 Å². The number of hydrogen-bond acceptors (Lipinski definition) is 0. The molecular weight excluding hydrogens is 613 g/mol. The number of hydrogen-bond donors (Lipinski definition) is 0. The van der Waals surface area contributed by atoms with Gasteiger partial charge >= 0.3 is 0 Å². The molecule has 0 heteroatoms. The Hall–Kier alpha value is -6.24. The summed E-state index contributed by atoms with van der Waals surface area (Å²) in [5.41, 5.74) is 8.13. The zero-order chi connectivity index (χ0) is 33.7. The lowest BCUT2D eigenvalue weighted by Gasteiger charge is -2.13. The van der Waals surface area contributed by atoms with E-state index in [1.54, 1.807) is 0 Å². The summed E-state index contributed by atoms with van der Waals surface area (Å²) in [6.45, 7) is 0. The Morgan fingerprint density at radius 3 is 1.20 bits per heavy atom. The summed E-state index contributed by atoms with van der Waals surface area (Å²) in [6.07, 6.45) is 2.74. The van der Waals surface area contributed by atoms with Crippen molar-refractivity contribution in [1.82, 2.24) is 0 Å². The molecule has 0 unspecified atom stereocenters. The van der Waals surface area contributed by atoms with Gasteiger partial charge < -0.3 is 0 Å². The van der Waals surface area contributed by atoms with Crippen LogP contribution < -0.4 is 0 Å². The first-order valence-electron chi connectivity index (χ1n) is 18.0. The average Bonchev–Trinajstić information content (AvgIpc) is 3.18. The van der Waals surface area contributed by atoms with Crippen molar-refractivity contribution in [3.05, 3.63) is 215 Å². The van der Waals surface area contributed by atoms with Gasteiger partial charge in [-0.3, -0.25) is 0 Å². The van der Waals surface area contributed by atoms with Crippen molar-refractivity contribution in [2.45, 2.75) is 19.3 Å². The van der Waals surface area contributed by atoms with E-state index in [1.807, 2.05) is 0 Å². The molecule has 0 saturated heterocycles. The number of fused-ring (bicyclic) bond motifs is 8. The van der Waals surface area contributed by atoms with Gasteiger partial charge in [-0.05, 0) is 117 Å². The molecule has 0 aliphatic heterocycles. The molecule has 10 aromatic carbocycles. The fourth-order valence-electron chi connectivity index (χ4n) is 8.35. The standard InChI is InChI=1S/C51H36/c1-2-10-39-26-34(17-21-38(39)9-1)25-35-20-24-43-33-45(48-14-6-8-16-50(48)51(43)31-35)30-37-19-23-40-27-36(18-22-41(40)28-37)29-44-32-42-11-3-4-12-46(42)49-15-7-5-13-47(44)49/h1-24,26-28,31-33H,25,29-30H2. The first-order valence-corrected chi connectivity index (χ1v) is 18.0. The van der Waals surface area contributed by atoms with Crippen molar-refractivity contribution in [3.8, 4) is 0 Å². The lowest BCUT2D eigenvalue weighted by molar-refractivity contribution is 1.20. The maximum Gasteiger partial charge on any atom is -0.00192 e. The molecule has 10 rings (SSSR count). The summed E-state index contributed by atoms with van der Waals surface area (Å²) in [4.78, 5) is 0. The van der Waals surface area contributed by atoms with Crippen molar-refractivity contribution < 1.29 is 0 Å². The van der Waals surface area contributed by atoms with Gasteiger partial charge in [0.15, 0.2) is 0 Å². The second kappa shape index (κ2) is 12.3. The maximum absolute atomic E-state index is 2.42. The minimum absolute atomic E-state index is 0.899. The van der Waals surface area contributed by atoms with E-state index in [4.69, 9.17) is 0 Å². The normalized spacial score (nSPS) is 11.8. The topological polar surface area (TPSA) is 0 Å². The van der Waals surface area contributed by atoms with Gasteiger partial charge in [0.25, 0.3) is 0 Å². The van der Waals surface area contributed by atoms with Crippen molar-refractivity contribution in [3.63, 3.8) is 0 Å². The Kier molecular flexibility index (Phi) is 7.13. The molecule has 0 nitrogen and oxygen atoms in total. The van der Waals surface area contributed by atoms with Gasteiger partial charge in [0, 0.05) is 0 Å². The van der Waals surface area contributed by atoms with E-state index in [9.17, 15) is 0 Å². The summed E-state index contributed by atoms with van der Waals surface area (Å²) in [5, 5.41) is 15.8. The molecule has 0 fully saturated rings. The lowest BCUT2D eigenvalue weighted by atomic mass is 9.91. The Bertz CT molecular complexity index is 2950. The van der Waals surface area contributed by atoms with Crippen LogP contribution in [0, 0.1) is 0 Å². The first kappa shape index (κ1) is 29.7. The predicted octanol–water partition coefficient (Wildman–Crippen LogP) is 13.4. The molecule has 0 bridgehead atoms. The van der Waals surface area contributed by atoms with Crippen LogP contribution in [0.5, 0.6) is 0 Å². The summed E-state index contributed by atoms with van der Waals surface area (Å²) in [7, 11) is 0. The zero-order valence-electron chi connectivity index (χ0n) is 28.4. The highest BCUT2D eigenvalue weighted by Gasteiger charge is 2.11.